The van der Waals surface area contributed by atoms with Crippen molar-refractivity contribution in [2.45, 2.75) is 12.5 Å². The first-order valence-corrected chi connectivity index (χ1v) is 5.58. The zero-order valence-corrected chi connectivity index (χ0v) is 10.1. The summed E-state index contributed by atoms with van der Waals surface area (Å²) in [6.45, 7) is 0.0624. The van der Waals surface area contributed by atoms with Crippen LogP contribution in [0.4, 0.5) is 10.5 Å². The lowest BCUT2D eigenvalue weighted by molar-refractivity contribution is -0.146. The van der Waals surface area contributed by atoms with Gasteiger partial charge >= 0.3 is 12.0 Å². The highest BCUT2D eigenvalue weighted by Gasteiger charge is 2.12. The Kier molecular flexibility index (Phi) is 5.41. The number of carbonyl (C=O) groups is 2. The Morgan fingerprint density at radius 2 is 1.89 bits per heavy atom. The van der Waals surface area contributed by atoms with Crippen LogP contribution in [0.25, 0.3) is 0 Å². The second-order valence-electron chi connectivity index (χ2n) is 3.53. The number of nitrogens with one attached hydrogen (secondary N) is 2. The highest BCUT2D eigenvalue weighted by molar-refractivity contribution is 6.30. The first-order valence-electron chi connectivity index (χ1n) is 5.20. The first-order chi connectivity index (χ1) is 8.49. The zero-order valence-electron chi connectivity index (χ0n) is 9.39. The number of halogens is 1. The number of hydrogen-bond donors (Lipinski definition) is 4. The largest absolute Gasteiger partial charge is 0.479 e. The number of carboxylic acid groups (broad SMARTS) is 1. The number of aliphatic carboxylic acids is 1. The van der Waals surface area contributed by atoms with Gasteiger partial charge in [0.05, 0.1) is 0 Å². The van der Waals surface area contributed by atoms with Gasteiger partial charge in [0.25, 0.3) is 0 Å². The molecule has 0 fully saturated rings. The van der Waals surface area contributed by atoms with Crippen LogP contribution in [0.15, 0.2) is 24.3 Å². The van der Waals surface area contributed by atoms with E-state index in [0.717, 1.165) is 0 Å². The zero-order chi connectivity index (χ0) is 13.5. The Balaban J connectivity index is 2.30. The summed E-state index contributed by atoms with van der Waals surface area (Å²) in [5, 5.41) is 22.9. The fraction of sp³-hybridized carbons (Fsp3) is 0.273. The van der Waals surface area contributed by atoms with E-state index in [-0.39, 0.29) is 13.0 Å². The number of amides is 2. The van der Waals surface area contributed by atoms with Gasteiger partial charge in [-0.3, -0.25) is 0 Å². The number of carboxylic acids is 1. The van der Waals surface area contributed by atoms with Crippen LogP contribution in [0, 0.1) is 0 Å². The van der Waals surface area contributed by atoms with E-state index >= 15 is 0 Å². The molecule has 0 radical (unpaired) electrons. The van der Waals surface area contributed by atoms with Crippen molar-refractivity contribution < 1.29 is 19.8 Å². The molecule has 7 heteroatoms. The number of hydrogen-bond acceptors (Lipinski definition) is 3. The molecular formula is C11H13ClN2O4. The lowest BCUT2D eigenvalue weighted by atomic mass is 10.2. The van der Waals surface area contributed by atoms with E-state index in [2.05, 4.69) is 10.6 Å². The van der Waals surface area contributed by atoms with E-state index in [4.69, 9.17) is 21.8 Å². The molecule has 1 unspecified atom stereocenters. The number of urea groups is 1. The van der Waals surface area contributed by atoms with Crippen LogP contribution in [0.5, 0.6) is 0 Å². The van der Waals surface area contributed by atoms with Gasteiger partial charge in [-0.25, -0.2) is 9.59 Å². The van der Waals surface area contributed by atoms with Gasteiger partial charge in [-0.15, -0.1) is 0 Å². The van der Waals surface area contributed by atoms with Gasteiger partial charge in [0, 0.05) is 23.7 Å². The molecule has 0 aliphatic carbocycles. The van der Waals surface area contributed by atoms with Crippen LogP contribution in [0.2, 0.25) is 5.02 Å². The molecule has 4 N–H and O–H groups in total. The Hall–Kier alpha value is -1.79. The summed E-state index contributed by atoms with van der Waals surface area (Å²) in [6.07, 6.45) is -1.52. The minimum absolute atomic E-state index is 0.0522. The molecule has 6 nitrogen and oxygen atoms in total. The van der Waals surface area contributed by atoms with Crippen LogP contribution in [-0.4, -0.2) is 34.9 Å². The van der Waals surface area contributed by atoms with Gasteiger partial charge in [0.15, 0.2) is 6.10 Å². The third-order valence-electron chi connectivity index (χ3n) is 2.09. The lowest BCUT2D eigenvalue weighted by Crippen LogP contribution is -2.33. The molecule has 0 saturated carbocycles. The number of aliphatic hydroxyl groups is 1. The normalized spacial score (nSPS) is 11.7. The van der Waals surface area contributed by atoms with Gasteiger partial charge in [0.1, 0.15) is 0 Å². The van der Waals surface area contributed by atoms with Crippen molar-refractivity contribution in [1.29, 1.82) is 0 Å². The molecule has 1 rings (SSSR count). The quantitative estimate of drug-likeness (QED) is 0.649. The van der Waals surface area contributed by atoms with Crippen LogP contribution in [0.3, 0.4) is 0 Å². The Morgan fingerprint density at radius 1 is 1.28 bits per heavy atom. The Labute approximate surface area is 109 Å². The average molecular weight is 273 g/mol. The second-order valence-corrected chi connectivity index (χ2v) is 3.97. The minimum atomic E-state index is -1.47. The highest BCUT2D eigenvalue weighted by Crippen LogP contribution is 2.12. The molecule has 0 heterocycles. The fourth-order valence-electron chi connectivity index (χ4n) is 1.15. The number of anilines is 1. The van der Waals surface area contributed by atoms with Gasteiger partial charge in [0.2, 0.25) is 0 Å². The predicted molar refractivity (Wildman–Crippen MR) is 66.7 cm³/mol. The maximum Gasteiger partial charge on any atom is 0.332 e. The van der Waals surface area contributed by atoms with Crippen LogP contribution in [-0.2, 0) is 4.79 Å². The second kappa shape index (κ2) is 6.83. The molecule has 0 aromatic heterocycles. The van der Waals surface area contributed by atoms with Gasteiger partial charge < -0.3 is 20.8 Å². The summed E-state index contributed by atoms with van der Waals surface area (Å²) >= 11 is 5.68. The first kappa shape index (κ1) is 14.3. The van der Waals surface area contributed by atoms with Crippen molar-refractivity contribution in [3.63, 3.8) is 0 Å². The smallest absolute Gasteiger partial charge is 0.332 e. The molecule has 98 valence electrons. The molecule has 0 bridgehead atoms. The van der Waals surface area contributed by atoms with E-state index < -0.39 is 18.1 Å². The molecule has 0 saturated heterocycles. The minimum Gasteiger partial charge on any atom is -0.479 e. The third-order valence-corrected chi connectivity index (χ3v) is 2.34. The van der Waals surface area contributed by atoms with Gasteiger partial charge in [-0.1, -0.05) is 11.6 Å². The number of aliphatic hydroxyl groups excluding tert-OH is 1. The van der Waals surface area contributed by atoms with Crippen LogP contribution < -0.4 is 10.6 Å². The summed E-state index contributed by atoms with van der Waals surface area (Å²) in [4.78, 5) is 21.7. The molecule has 18 heavy (non-hydrogen) atoms. The van der Waals surface area contributed by atoms with Gasteiger partial charge in [-0.2, -0.15) is 0 Å². The topological polar surface area (TPSA) is 98.7 Å². The van der Waals surface area contributed by atoms with Crippen molar-refractivity contribution in [3.05, 3.63) is 29.3 Å². The standard InChI is InChI=1S/C11H13ClN2O4/c12-7-1-3-8(4-2-7)14-11(18)13-6-5-9(15)10(16)17/h1-4,9,15H,5-6H2,(H,16,17)(H2,13,14,18). The van der Waals surface area contributed by atoms with Crippen molar-refractivity contribution >= 4 is 29.3 Å². The maximum absolute atomic E-state index is 11.4. The molecule has 0 aliphatic rings. The molecule has 0 aliphatic heterocycles. The number of benzene rings is 1. The van der Waals surface area contributed by atoms with E-state index in [1.807, 2.05) is 0 Å². The lowest BCUT2D eigenvalue weighted by Gasteiger charge is -2.08. The summed E-state index contributed by atoms with van der Waals surface area (Å²) < 4.78 is 0. The average Bonchev–Trinajstić information content (AvgIpc) is 2.32. The van der Waals surface area contributed by atoms with E-state index in [1.54, 1.807) is 24.3 Å². The molecule has 2 amide bonds. The van der Waals surface area contributed by atoms with E-state index in [0.29, 0.717) is 10.7 Å². The third kappa shape index (κ3) is 5.03. The molecule has 1 aromatic rings. The summed E-state index contributed by atoms with van der Waals surface area (Å²) in [7, 11) is 0. The van der Waals surface area contributed by atoms with Crippen molar-refractivity contribution in [2.75, 3.05) is 11.9 Å². The number of rotatable bonds is 5. The Morgan fingerprint density at radius 3 is 2.44 bits per heavy atom. The predicted octanol–water partition coefficient (Wildman–Crippen LogP) is 1.30. The molecular weight excluding hydrogens is 260 g/mol. The van der Waals surface area contributed by atoms with Gasteiger partial charge in [-0.05, 0) is 24.3 Å². The molecule has 0 spiro atoms. The van der Waals surface area contributed by atoms with Crippen LogP contribution in [0.1, 0.15) is 6.42 Å². The monoisotopic (exact) mass is 272 g/mol. The van der Waals surface area contributed by atoms with E-state index in [9.17, 15) is 9.59 Å². The number of carbonyl (C=O) groups excluding carboxylic acids is 1. The highest BCUT2D eigenvalue weighted by atomic mass is 35.5. The fourth-order valence-corrected chi connectivity index (χ4v) is 1.28. The van der Waals surface area contributed by atoms with E-state index in [1.165, 1.54) is 0 Å². The van der Waals surface area contributed by atoms with Crippen LogP contribution >= 0.6 is 11.6 Å². The maximum atomic E-state index is 11.4. The summed E-state index contributed by atoms with van der Waals surface area (Å²) in [5.74, 6) is -1.31. The van der Waals surface area contributed by atoms with Crippen molar-refractivity contribution in [1.82, 2.24) is 5.32 Å². The SMILES string of the molecule is O=C(NCCC(O)C(=O)O)Nc1ccc(Cl)cc1. The van der Waals surface area contributed by atoms with Crippen molar-refractivity contribution in [2.24, 2.45) is 0 Å². The molecule has 1 atom stereocenters. The molecule has 1 aromatic carbocycles. The summed E-state index contributed by atoms with van der Waals surface area (Å²) in [5.41, 5.74) is 0.565. The Bertz CT molecular complexity index is 422. The summed E-state index contributed by atoms with van der Waals surface area (Å²) in [6, 6.07) is 6.05. The van der Waals surface area contributed by atoms with Crippen molar-refractivity contribution in [3.8, 4) is 0 Å².